The van der Waals surface area contributed by atoms with Crippen molar-refractivity contribution in [2.45, 2.75) is 31.2 Å². The molecule has 0 heterocycles. The van der Waals surface area contributed by atoms with Crippen molar-refractivity contribution in [3.63, 3.8) is 0 Å². The summed E-state index contributed by atoms with van der Waals surface area (Å²) >= 11 is 4.25. The van der Waals surface area contributed by atoms with E-state index in [-0.39, 0.29) is 11.9 Å². The number of hydrogen-bond acceptors (Lipinski definition) is 3. The average Bonchev–Trinajstić information content (AvgIpc) is 2.32. The highest BCUT2D eigenvalue weighted by Crippen LogP contribution is 2.10. The lowest BCUT2D eigenvalue weighted by molar-refractivity contribution is -0.132. The van der Waals surface area contributed by atoms with Crippen LogP contribution < -0.4 is 0 Å². The van der Waals surface area contributed by atoms with E-state index in [1.807, 2.05) is 50.2 Å². The molecule has 4 heteroatoms. The van der Waals surface area contributed by atoms with E-state index in [4.69, 9.17) is 0 Å². The molecule has 1 aromatic carbocycles. The zero-order valence-electron chi connectivity index (χ0n) is 12.3. The maximum Gasteiger partial charge on any atom is 0.227 e. The predicted molar refractivity (Wildman–Crippen MR) is 82.8 cm³/mol. The van der Waals surface area contributed by atoms with Gasteiger partial charge in [0.05, 0.1) is 6.42 Å². The molecule has 1 atom stereocenters. The Hall–Kier alpha value is -1.00. The van der Waals surface area contributed by atoms with Gasteiger partial charge in [-0.1, -0.05) is 12.1 Å². The van der Waals surface area contributed by atoms with Crippen LogP contribution in [0, 0.1) is 0 Å². The Kier molecular flexibility index (Phi) is 6.38. The second kappa shape index (κ2) is 7.56. The fourth-order valence-corrected chi connectivity index (χ4v) is 2.40. The van der Waals surface area contributed by atoms with Crippen molar-refractivity contribution < 1.29 is 4.79 Å². The number of hydrogen-bond donors (Lipinski definition) is 1. The second-order valence-electron chi connectivity index (χ2n) is 5.13. The molecule has 19 heavy (non-hydrogen) atoms. The van der Waals surface area contributed by atoms with E-state index < -0.39 is 0 Å². The lowest BCUT2D eigenvalue weighted by Gasteiger charge is -2.30. The van der Waals surface area contributed by atoms with Crippen molar-refractivity contribution in [3.05, 3.63) is 29.8 Å². The molecule has 0 saturated carbocycles. The second-order valence-corrected chi connectivity index (χ2v) is 5.65. The molecule has 1 rings (SSSR count). The third kappa shape index (κ3) is 5.25. The first kappa shape index (κ1) is 16.1. The molecule has 3 nitrogen and oxygen atoms in total. The van der Waals surface area contributed by atoms with Crippen LogP contribution in [-0.2, 0) is 11.2 Å². The van der Waals surface area contributed by atoms with Gasteiger partial charge < -0.3 is 9.80 Å². The molecule has 1 unspecified atom stereocenters. The summed E-state index contributed by atoms with van der Waals surface area (Å²) in [7, 11) is 4.06. The van der Waals surface area contributed by atoms with Crippen molar-refractivity contribution in [3.8, 4) is 0 Å². The summed E-state index contributed by atoms with van der Waals surface area (Å²) in [5.74, 6) is 0.184. The summed E-state index contributed by atoms with van der Waals surface area (Å²) in [6.45, 7) is 5.76. The molecule has 0 fully saturated rings. The van der Waals surface area contributed by atoms with Crippen molar-refractivity contribution in [2.75, 3.05) is 27.2 Å². The first-order chi connectivity index (χ1) is 8.93. The number of nitrogens with zero attached hydrogens (tertiary/aromatic N) is 2. The highest BCUT2D eigenvalue weighted by Gasteiger charge is 2.18. The molecule has 0 aliphatic rings. The van der Waals surface area contributed by atoms with Crippen molar-refractivity contribution in [1.82, 2.24) is 9.80 Å². The van der Waals surface area contributed by atoms with E-state index in [0.717, 1.165) is 23.5 Å². The maximum absolute atomic E-state index is 12.3. The van der Waals surface area contributed by atoms with Crippen molar-refractivity contribution in [1.29, 1.82) is 0 Å². The van der Waals surface area contributed by atoms with Gasteiger partial charge >= 0.3 is 0 Å². The monoisotopic (exact) mass is 280 g/mol. The molecular formula is C15H24N2OS. The summed E-state index contributed by atoms with van der Waals surface area (Å²) in [6, 6.07) is 8.00. The van der Waals surface area contributed by atoms with Crippen LogP contribution in [0.5, 0.6) is 0 Å². The largest absolute Gasteiger partial charge is 0.339 e. The third-order valence-electron chi connectivity index (χ3n) is 3.11. The molecule has 0 N–H and O–H groups in total. The number of rotatable bonds is 6. The number of thiol groups is 1. The average molecular weight is 280 g/mol. The zero-order valence-corrected chi connectivity index (χ0v) is 13.2. The minimum atomic E-state index is 0.184. The fourth-order valence-electron chi connectivity index (χ4n) is 2.25. The lowest BCUT2D eigenvalue weighted by atomic mass is 10.1. The molecule has 0 spiro atoms. The van der Waals surface area contributed by atoms with Crippen LogP contribution in [0.4, 0.5) is 0 Å². The number of amides is 1. The van der Waals surface area contributed by atoms with Crippen LogP contribution in [0.3, 0.4) is 0 Å². The Bertz CT molecular complexity index is 403. The van der Waals surface area contributed by atoms with Gasteiger partial charge in [0.1, 0.15) is 0 Å². The predicted octanol–water partition coefficient (Wildman–Crippen LogP) is 2.32. The lowest BCUT2D eigenvalue weighted by Crippen LogP contribution is -2.44. The Morgan fingerprint density at radius 2 is 1.84 bits per heavy atom. The molecule has 0 aromatic heterocycles. The molecule has 0 aliphatic carbocycles. The quantitative estimate of drug-likeness (QED) is 0.808. The fraction of sp³-hybridized carbons (Fsp3) is 0.533. The van der Waals surface area contributed by atoms with Crippen LogP contribution in [-0.4, -0.2) is 48.9 Å². The van der Waals surface area contributed by atoms with E-state index in [2.05, 4.69) is 24.5 Å². The van der Waals surface area contributed by atoms with E-state index in [0.29, 0.717) is 6.42 Å². The summed E-state index contributed by atoms with van der Waals surface area (Å²) in [5, 5.41) is 0. The van der Waals surface area contributed by atoms with Gasteiger partial charge in [0.2, 0.25) is 5.91 Å². The Labute approximate surface area is 122 Å². The SMILES string of the molecule is CCN(C(=O)Cc1ccc(S)cc1)C(C)CN(C)C. The number of benzene rings is 1. The Morgan fingerprint density at radius 3 is 2.32 bits per heavy atom. The molecule has 0 radical (unpaired) electrons. The van der Waals surface area contributed by atoms with E-state index in [1.165, 1.54) is 0 Å². The zero-order chi connectivity index (χ0) is 14.4. The molecule has 0 saturated heterocycles. The summed E-state index contributed by atoms with van der Waals surface area (Å²) < 4.78 is 0. The summed E-state index contributed by atoms with van der Waals surface area (Å²) in [5.41, 5.74) is 1.04. The topological polar surface area (TPSA) is 23.6 Å². The number of likely N-dealkylation sites (N-methyl/N-ethyl adjacent to an activating group) is 2. The van der Waals surface area contributed by atoms with Crippen LogP contribution >= 0.6 is 12.6 Å². The first-order valence-corrected chi connectivity index (χ1v) is 7.10. The standard InChI is InChI=1S/C15H24N2OS/c1-5-17(12(2)11-16(3)4)15(18)10-13-6-8-14(19)9-7-13/h6-9,12,19H,5,10-11H2,1-4H3. The minimum absolute atomic E-state index is 0.184. The third-order valence-corrected chi connectivity index (χ3v) is 3.41. The summed E-state index contributed by atoms with van der Waals surface area (Å²) in [6.07, 6.45) is 0.458. The van der Waals surface area contributed by atoms with Gasteiger partial charge in [-0.15, -0.1) is 12.6 Å². The van der Waals surface area contributed by atoms with Gasteiger partial charge in [0.15, 0.2) is 0 Å². The van der Waals surface area contributed by atoms with Gasteiger partial charge in [-0.05, 0) is 45.6 Å². The van der Waals surface area contributed by atoms with Gasteiger partial charge in [0, 0.05) is 24.0 Å². The van der Waals surface area contributed by atoms with E-state index in [1.54, 1.807) is 0 Å². The molecule has 106 valence electrons. The van der Waals surface area contributed by atoms with Crippen LogP contribution in [0.25, 0.3) is 0 Å². The summed E-state index contributed by atoms with van der Waals surface area (Å²) in [4.78, 5) is 17.3. The highest BCUT2D eigenvalue weighted by molar-refractivity contribution is 7.80. The molecule has 0 aliphatic heterocycles. The van der Waals surface area contributed by atoms with Crippen LogP contribution in [0.1, 0.15) is 19.4 Å². The Balaban J connectivity index is 2.65. The van der Waals surface area contributed by atoms with Crippen molar-refractivity contribution in [2.24, 2.45) is 0 Å². The molecule has 1 aromatic rings. The highest BCUT2D eigenvalue weighted by atomic mass is 32.1. The minimum Gasteiger partial charge on any atom is -0.339 e. The van der Waals surface area contributed by atoms with Gasteiger partial charge in [0.25, 0.3) is 0 Å². The maximum atomic E-state index is 12.3. The molecule has 0 bridgehead atoms. The number of carbonyl (C=O) groups excluding carboxylic acids is 1. The first-order valence-electron chi connectivity index (χ1n) is 6.66. The normalized spacial score (nSPS) is 12.5. The molecular weight excluding hydrogens is 256 g/mol. The van der Waals surface area contributed by atoms with Gasteiger partial charge in [-0.2, -0.15) is 0 Å². The van der Waals surface area contributed by atoms with Crippen molar-refractivity contribution >= 4 is 18.5 Å². The van der Waals surface area contributed by atoms with Gasteiger partial charge in [-0.3, -0.25) is 4.79 Å². The van der Waals surface area contributed by atoms with Crippen LogP contribution in [0.15, 0.2) is 29.2 Å². The van der Waals surface area contributed by atoms with E-state index in [9.17, 15) is 4.79 Å². The molecule has 1 amide bonds. The van der Waals surface area contributed by atoms with Gasteiger partial charge in [-0.25, -0.2) is 0 Å². The Morgan fingerprint density at radius 1 is 1.26 bits per heavy atom. The smallest absolute Gasteiger partial charge is 0.227 e. The van der Waals surface area contributed by atoms with Crippen LogP contribution in [0.2, 0.25) is 0 Å². The number of carbonyl (C=O) groups is 1. The van der Waals surface area contributed by atoms with E-state index >= 15 is 0 Å².